The van der Waals surface area contributed by atoms with Crippen LogP contribution in [0.1, 0.15) is 17.2 Å². The predicted molar refractivity (Wildman–Crippen MR) is 64.6 cm³/mol. The Morgan fingerprint density at radius 2 is 2.24 bits per heavy atom. The molecule has 0 fully saturated rings. The second-order valence-corrected chi connectivity index (χ2v) is 3.98. The van der Waals surface area contributed by atoms with Crippen molar-refractivity contribution in [1.82, 2.24) is 9.55 Å². The van der Waals surface area contributed by atoms with Crippen molar-refractivity contribution in [2.75, 3.05) is 0 Å². The van der Waals surface area contributed by atoms with E-state index in [1.165, 1.54) is 10.8 Å². The highest BCUT2D eigenvalue weighted by Gasteiger charge is 2.09. The molecule has 88 valence electrons. The Hall–Kier alpha value is -1.94. The van der Waals surface area contributed by atoms with E-state index in [-0.39, 0.29) is 12.2 Å². The number of aliphatic hydroxyl groups is 1. The van der Waals surface area contributed by atoms with Crippen molar-refractivity contribution in [3.63, 3.8) is 0 Å². The number of benzene rings is 1. The Morgan fingerprint density at radius 1 is 1.41 bits per heavy atom. The van der Waals surface area contributed by atoms with Gasteiger partial charge in [-0.2, -0.15) is 0 Å². The summed E-state index contributed by atoms with van der Waals surface area (Å²) in [6.45, 7) is 2.18. The molecule has 0 amide bonds. The van der Waals surface area contributed by atoms with Crippen LogP contribution in [0.5, 0.6) is 0 Å². The number of aromatic nitrogens is 2. The zero-order chi connectivity index (χ0) is 12.3. The fourth-order valence-electron chi connectivity index (χ4n) is 1.70. The number of aryl methyl sites for hydroxylation is 1. The van der Waals surface area contributed by atoms with Crippen LogP contribution in [0.3, 0.4) is 0 Å². The maximum atomic E-state index is 11.4. The number of nitrogens with zero attached hydrogens (tertiary/aromatic N) is 2. The average Bonchev–Trinajstić information content (AvgIpc) is 2.32. The molecule has 1 aromatic carbocycles. The number of hydrogen-bond donors (Lipinski definition) is 1. The van der Waals surface area contributed by atoms with Crippen LogP contribution in [0.25, 0.3) is 0 Å². The van der Waals surface area contributed by atoms with Gasteiger partial charge < -0.3 is 5.11 Å². The van der Waals surface area contributed by atoms with Gasteiger partial charge in [0.1, 0.15) is 0 Å². The first-order valence-electron chi connectivity index (χ1n) is 5.43. The van der Waals surface area contributed by atoms with E-state index in [2.05, 4.69) is 4.98 Å². The van der Waals surface area contributed by atoms with Gasteiger partial charge in [0.15, 0.2) is 0 Å². The normalized spacial score (nSPS) is 12.4. The van der Waals surface area contributed by atoms with Crippen LogP contribution < -0.4 is 5.69 Å². The molecule has 1 atom stereocenters. The lowest BCUT2D eigenvalue weighted by molar-refractivity contribution is 0.154. The molecule has 4 nitrogen and oxygen atoms in total. The number of hydrogen-bond acceptors (Lipinski definition) is 3. The topological polar surface area (TPSA) is 55.1 Å². The maximum absolute atomic E-state index is 11.4. The first-order chi connectivity index (χ1) is 8.16. The monoisotopic (exact) mass is 230 g/mol. The van der Waals surface area contributed by atoms with Gasteiger partial charge in [-0.05, 0) is 18.6 Å². The summed E-state index contributed by atoms with van der Waals surface area (Å²) in [5.41, 5.74) is 1.54. The van der Waals surface area contributed by atoms with E-state index in [1.54, 1.807) is 12.3 Å². The first-order valence-corrected chi connectivity index (χ1v) is 5.43. The largest absolute Gasteiger partial charge is 0.387 e. The van der Waals surface area contributed by atoms with Crippen molar-refractivity contribution in [1.29, 1.82) is 0 Å². The fourth-order valence-corrected chi connectivity index (χ4v) is 1.70. The minimum Gasteiger partial charge on any atom is -0.387 e. The van der Waals surface area contributed by atoms with E-state index >= 15 is 0 Å². The van der Waals surface area contributed by atoms with E-state index in [1.807, 2.05) is 31.2 Å². The van der Waals surface area contributed by atoms with Crippen LogP contribution in [-0.4, -0.2) is 14.7 Å². The summed E-state index contributed by atoms with van der Waals surface area (Å²) in [5.74, 6) is 0. The summed E-state index contributed by atoms with van der Waals surface area (Å²) >= 11 is 0. The lowest BCUT2D eigenvalue weighted by atomic mass is 10.1. The second kappa shape index (κ2) is 4.93. The molecule has 0 aliphatic heterocycles. The van der Waals surface area contributed by atoms with E-state index in [9.17, 15) is 9.90 Å². The predicted octanol–water partition coefficient (Wildman–Crippen LogP) is 1.29. The van der Waals surface area contributed by atoms with Crippen molar-refractivity contribution in [3.05, 3.63) is 64.3 Å². The average molecular weight is 230 g/mol. The summed E-state index contributed by atoms with van der Waals surface area (Å²) < 4.78 is 1.40. The quantitative estimate of drug-likeness (QED) is 0.864. The summed E-state index contributed by atoms with van der Waals surface area (Å²) in [6, 6.07) is 9.28. The van der Waals surface area contributed by atoms with E-state index in [0.29, 0.717) is 0 Å². The van der Waals surface area contributed by atoms with Gasteiger partial charge in [0.25, 0.3) is 0 Å². The van der Waals surface area contributed by atoms with Crippen LogP contribution in [0.2, 0.25) is 0 Å². The van der Waals surface area contributed by atoms with Crippen molar-refractivity contribution < 1.29 is 5.11 Å². The molecule has 4 heteroatoms. The summed E-state index contributed by atoms with van der Waals surface area (Å²) in [6.07, 6.45) is 2.36. The molecule has 0 aliphatic carbocycles. The van der Waals surface area contributed by atoms with Crippen LogP contribution in [0.15, 0.2) is 47.5 Å². The molecular weight excluding hydrogens is 216 g/mol. The third-order valence-corrected chi connectivity index (χ3v) is 2.58. The molecule has 17 heavy (non-hydrogen) atoms. The number of rotatable bonds is 3. The lowest BCUT2D eigenvalue weighted by Crippen LogP contribution is -2.24. The molecule has 0 saturated carbocycles. The Kier molecular flexibility index (Phi) is 3.35. The first kappa shape index (κ1) is 11.5. The van der Waals surface area contributed by atoms with E-state index in [4.69, 9.17) is 0 Å². The Morgan fingerprint density at radius 3 is 2.94 bits per heavy atom. The van der Waals surface area contributed by atoms with Crippen LogP contribution in [0, 0.1) is 6.92 Å². The van der Waals surface area contributed by atoms with Gasteiger partial charge in [-0.25, -0.2) is 9.78 Å². The summed E-state index contributed by atoms with van der Waals surface area (Å²) in [7, 11) is 0. The molecule has 1 aromatic heterocycles. The van der Waals surface area contributed by atoms with Gasteiger partial charge >= 0.3 is 5.69 Å². The smallest absolute Gasteiger partial charge is 0.347 e. The van der Waals surface area contributed by atoms with Gasteiger partial charge in [0.05, 0.1) is 12.6 Å². The minimum atomic E-state index is -0.697. The third kappa shape index (κ3) is 2.79. The highest BCUT2D eigenvalue weighted by atomic mass is 16.3. The number of aliphatic hydroxyl groups excluding tert-OH is 1. The standard InChI is InChI=1S/C13H14N2O2/c1-10-4-2-5-11(8-10)12(16)9-15-7-3-6-14-13(15)17/h2-8,12,16H,9H2,1H3. The second-order valence-electron chi connectivity index (χ2n) is 3.98. The zero-order valence-corrected chi connectivity index (χ0v) is 9.58. The molecule has 1 unspecified atom stereocenters. The Balaban J connectivity index is 2.20. The van der Waals surface area contributed by atoms with Crippen molar-refractivity contribution >= 4 is 0 Å². The molecule has 0 radical (unpaired) electrons. The third-order valence-electron chi connectivity index (χ3n) is 2.58. The Labute approximate surface area is 99.2 Å². The fraction of sp³-hybridized carbons (Fsp3) is 0.231. The summed E-state index contributed by atoms with van der Waals surface area (Å²) in [5, 5.41) is 10.0. The van der Waals surface area contributed by atoms with Crippen molar-refractivity contribution in [3.8, 4) is 0 Å². The molecule has 2 aromatic rings. The van der Waals surface area contributed by atoms with Crippen molar-refractivity contribution in [2.45, 2.75) is 19.6 Å². The molecule has 2 rings (SSSR count). The van der Waals surface area contributed by atoms with Gasteiger partial charge in [0.2, 0.25) is 0 Å². The van der Waals surface area contributed by atoms with E-state index < -0.39 is 6.10 Å². The van der Waals surface area contributed by atoms with E-state index in [0.717, 1.165) is 11.1 Å². The molecule has 1 N–H and O–H groups in total. The SMILES string of the molecule is Cc1cccc(C(O)Cn2cccnc2=O)c1. The molecule has 0 saturated heterocycles. The minimum absolute atomic E-state index is 0.218. The molecule has 0 bridgehead atoms. The zero-order valence-electron chi connectivity index (χ0n) is 9.58. The lowest BCUT2D eigenvalue weighted by Gasteiger charge is -2.12. The molecule has 1 heterocycles. The molecular formula is C13H14N2O2. The van der Waals surface area contributed by atoms with Gasteiger partial charge in [-0.1, -0.05) is 29.8 Å². The maximum Gasteiger partial charge on any atom is 0.347 e. The van der Waals surface area contributed by atoms with Gasteiger partial charge in [-0.15, -0.1) is 0 Å². The highest BCUT2D eigenvalue weighted by Crippen LogP contribution is 2.15. The van der Waals surface area contributed by atoms with Gasteiger partial charge in [0, 0.05) is 12.4 Å². The van der Waals surface area contributed by atoms with Crippen LogP contribution in [-0.2, 0) is 6.54 Å². The van der Waals surface area contributed by atoms with Gasteiger partial charge in [-0.3, -0.25) is 4.57 Å². The van der Waals surface area contributed by atoms with Crippen LogP contribution >= 0.6 is 0 Å². The van der Waals surface area contributed by atoms with Crippen LogP contribution in [0.4, 0.5) is 0 Å². The highest BCUT2D eigenvalue weighted by molar-refractivity contribution is 5.23. The van der Waals surface area contributed by atoms with Crippen molar-refractivity contribution in [2.24, 2.45) is 0 Å². The molecule has 0 aliphatic rings. The Bertz CT molecular complexity index is 563. The summed E-state index contributed by atoms with van der Waals surface area (Å²) in [4.78, 5) is 15.0. The molecule has 0 spiro atoms.